The molecule has 108 valence electrons. The first-order chi connectivity index (χ1) is 9.78. The molecule has 2 aliphatic rings. The van der Waals surface area contributed by atoms with Crippen molar-refractivity contribution in [1.29, 1.82) is 0 Å². The summed E-state index contributed by atoms with van der Waals surface area (Å²) < 4.78 is 11.2. The van der Waals surface area contributed by atoms with Gasteiger partial charge in [-0.2, -0.15) is 0 Å². The molecule has 0 bridgehead atoms. The summed E-state index contributed by atoms with van der Waals surface area (Å²) in [6.45, 7) is 1.75. The van der Waals surface area contributed by atoms with E-state index in [4.69, 9.17) is 15.2 Å². The Balaban J connectivity index is 1.72. The van der Waals surface area contributed by atoms with Crippen molar-refractivity contribution in [1.82, 2.24) is 5.32 Å². The average molecular weight is 276 g/mol. The highest BCUT2D eigenvalue weighted by Crippen LogP contribution is 2.33. The maximum Gasteiger partial charge on any atom is 0.251 e. The van der Waals surface area contributed by atoms with Crippen molar-refractivity contribution in [2.24, 2.45) is 11.7 Å². The lowest BCUT2D eigenvalue weighted by Gasteiger charge is -2.16. The van der Waals surface area contributed by atoms with Crippen LogP contribution in [-0.4, -0.2) is 31.7 Å². The maximum absolute atomic E-state index is 12.3. The zero-order valence-electron chi connectivity index (χ0n) is 11.4. The van der Waals surface area contributed by atoms with Crippen LogP contribution in [0.1, 0.15) is 29.6 Å². The summed E-state index contributed by atoms with van der Waals surface area (Å²) in [6.07, 6.45) is 3.17. The van der Waals surface area contributed by atoms with Gasteiger partial charge in [0, 0.05) is 24.6 Å². The fraction of sp³-hybridized carbons (Fsp3) is 0.533. The van der Waals surface area contributed by atoms with Gasteiger partial charge in [0.1, 0.15) is 0 Å². The Hall–Kier alpha value is -1.75. The molecule has 1 fully saturated rings. The van der Waals surface area contributed by atoms with Crippen LogP contribution in [0.5, 0.6) is 11.5 Å². The third-order valence-electron chi connectivity index (χ3n) is 3.77. The van der Waals surface area contributed by atoms with E-state index in [0.717, 1.165) is 19.3 Å². The lowest BCUT2D eigenvalue weighted by Crippen LogP contribution is -2.41. The number of rotatable bonds is 4. The minimum absolute atomic E-state index is 0.0819. The third-order valence-corrected chi connectivity index (χ3v) is 3.77. The highest BCUT2D eigenvalue weighted by Gasteiger charge is 2.31. The van der Waals surface area contributed by atoms with Gasteiger partial charge in [-0.3, -0.25) is 4.79 Å². The van der Waals surface area contributed by atoms with Gasteiger partial charge in [-0.25, -0.2) is 0 Å². The van der Waals surface area contributed by atoms with Gasteiger partial charge in [0.05, 0.1) is 13.2 Å². The standard InChI is InChI=1S/C15H20N2O3/c16-9-12(10-2-3-10)17-15(18)11-4-5-13-14(8-11)20-7-1-6-19-13/h4-5,8,10,12H,1-3,6-7,9,16H2,(H,17,18). The van der Waals surface area contributed by atoms with Gasteiger partial charge >= 0.3 is 0 Å². The third kappa shape index (κ3) is 2.88. The van der Waals surface area contributed by atoms with Crippen LogP contribution in [0.2, 0.25) is 0 Å². The monoisotopic (exact) mass is 276 g/mol. The van der Waals surface area contributed by atoms with E-state index < -0.39 is 0 Å². The van der Waals surface area contributed by atoms with Crippen LogP contribution in [0.3, 0.4) is 0 Å². The van der Waals surface area contributed by atoms with Gasteiger partial charge in [0.2, 0.25) is 0 Å². The van der Waals surface area contributed by atoms with Gasteiger partial charge < -0.3 is 20.5 Å². The van der Waals surface area contributed by atoms with Crippen LogP contribution >= 0.6 is 0 Å². The Labute approximate surface area is 118 Å². The number of amides is 1. The molecule has 1 aliphatic heterocycles. The lowest BCUT2D eigenvalue weighted by atomic mass is 10.1. The summed E-state index contributed by atoms with van der Waals surface area (Å²) >= 11 is 0. The molecule has 5 heteroatoms. The molecular formula is C15H20N2O3. The minimum atomic E-state index is -0.0944. The molecule has 0 radical (unpaired) electrons. The van der Waals surface area contributed by atoms with E-state index in [1.54, 1.807) is 18.2 Å². The zero-order chi connectivity index (χ0) is 13.9. The van der Waals surface area contributed by atoms with Crippen LogP contribution in [0, 0.1) is 5.92 Å². The van der Waals surface area contributed by atoms with Crippen molar-refractivity contribution in [3.8, 4) is 11.5 Å². The Bertz CT molecular complexity index is 500. The number of fused-ring (bicyclic) bond motifs is 1. The normalized spacial score (nSPS) is 19.1. The Kier molecular flexibility index (Phi) is 3.78. The highest BCUT2D eigenvalue weighted by atomic mass is 16.5. The Morgan fingerprint density at radius 2 is 2.05 bits per heavy atom. The second kappa shape index (κ2) is 5.71. The summed E-state index contributed by atoms with van der Waals surface area (Å²) in [5.74, 6) is 1.80. The maximum atomic E-state index is 12.3. The van der Waals surface area contributed by atoms with Crippen LogP contribution in [0.15, 0.2) is 18.2 Å². The predicted molar refractivity (Wildman–Crippen MR) is 75.1 cm³/mol. The molecule has 1 unspecified atom stereocenters. The van der Waals surface area contributed by atoms with E-state index in [-0.39, 0.29) is 11.9 Å². The van der Waals surface area contributed by atoms with Crippen LogP contribution in [0.4, 0.5) is 0 Å². The Morgan fingerprint density at radius 3 is 2.75 bits per heavy atom. The first-order valence-electron chi connectivity index (χ1n) is 7.18. The van der Waals surface area contributed by atoms with E-state index in [0.29, 0.717) is 42.7 Å². The van der Waals surface area contributed by atoms with Crippen LogP contribution < -0.4 is 20.5 Å². The predicted octanol–water partition coefficient (Wildman–Crippen LogP) is 1.32. The minimum Gasteiger partial charge on any atom is -0.490 e. The summed E-state index contributed by atoms with van der Waals surface area (Å²) in [7, 11) is 0. The Morgan fingerprint density at radius 1 is 1.30 bits per heavy atom. The summed E-state index contributed by atoms with van der Waals surface area (Å²) in [5.41, 5.74) is 6.30. The number of hydrogen-bond donors (Lipinski definition) is 2. The van der Waals surface area contributed by atoms with E-state index in [1.807, 2.05) is 0 Å². The molecule has 20 heavy (non-hydrogen) atoms. The highest BCUT2D eigenvalue weighted by molar-refractivity contribution is 5.95. The second-order valence-electron chi connectivity index (χ2n) is 5.37. The molecule has 5 nitrogen and oxygen atoms in total. The first kappa shape index (κ1) is 13.2. The smallest absolute Gasteiger partial charge is 0.251 e. The van der Waals surface area contributed by atoms with Gasteiger partial charge in [0.25, 0.3) is 5.91 Å². The number of nitrogens with two attached hydrogens (primary N) is 1. The SMILES string of the molecule is NCC(NC(=O)c1ccc2c(c1)OCCCO2)C1CC1. The molecule has 3 N–H and O–H groups in total. The second-order valence-corrected chi connectivity index (χ2v) is 5.37. The molecule has 1 aromatic carbocycles. The molecule has 0 saturated heterocycles. The molecule has 1 atom stereocenters. The number of nitrogens with one attached hydrogen (secondary N) is 1. The fourth-order valence-corrected chi connectivity index (χ4v) is 2.42. The molecule has 1 saturated carbocycles. The molecule has 1 amide bonds. The van der Waals surface area contributed by atoms with Gasteiger partial charge in [-0.05, 0) is 37.0 Å². The van der Waals surface area contributed by atoms with Crippen molar-refractivity contribution in [3.63, 3.8) is 0 Å². The zero-order valence-corrected chi connectivity index (χ0v) is 11.4. The number of benzene rings is 1. The number of hydrogen-bond acceptors (Lipinski definition) is 4. The van der Waals surface area contributed by atoms with E-state index in [1.165, 1.54) is 0 Å². The first-order valence-corrected chi connectivity index (χ1v) is 7.18. The van der Waals surface area contributed by atoms with Gasteiger partial charge in [0.15, 0.2) is 11.5 Å². The summed E-state index contributed by atoms with van der Waals surface area (Å²) in [4.78, 5) is 12.3. The molecule has 0 spiro atoms. The molecule has 1 aromatic rings. The molecule has 1 heterocycles. The van der Waals surface area contributed by atoms with E-state index in [9.17, 15) is 4.79 Å². The van der Waals surface area contributed by atoms with Crippen molar-refractivity contribution in [3.05, 3.63) is 23.8 Å². The average Bonchev–Trinajstić information content (AvgIpc) is 3.30. The summed E-state index contributed by atoms with van der Waals surface area (Å²) in [6, 6.07) is 5.39. The number of carbonyl (C=O) groups excluding carboxylic acids is 1. The molecule has 3 rings (SSSR count). The molecular weight excluding hydrogens is 256 g/mol. The van der Waals surface area contributed by atoms with Crippen LogP contribution in [-0.2, 0) is 0 Å². The lowest BCUT2D eigenvalue weighted by molar-refractivity contribution is 0.0933. The molecule has 0 aromatic heterocycles. The molecule has 1 aliphatic carbocycles. The van der Waals surface area contributed by atoms with Crippen molar-refractivity contribution >= 4 is 5.91 Å². The van der Waals surface area contributed by atoms with Gasteiger partial charge in [-0.1, -0.05) is 0 Å². The summed E-state index contributed by atoms with van der Waals surface area (Å²) in [5, 5.41) is 3.01. The largest absolute Gasteiger partial charge is 0.490 e. The topological polar surface area (TPSA) is 73.6 Å². The van der Waals surface area contributed by atoms with Gasteiger partial charge in [-0.15, -0.1) is 0 Å². The van der Waals surface area contributed by atoms with Crippen LogP contribution in [0.25, 0.3) is 0 Å². The quantitative estimate of drug-likeness (QED) is 0.869. The van der Waals surface area contributed by atoms with Crippen molar-refractivity contribution in [2.45, 2.75) is 25.3 Å². The van der Waals surface area contributed by atoms with Crippen molar-refractivity contribution < 1.29 is 14.3 Å². The number of carbonyl (C=O) groups is 1. The van der Waals surface area contributed by atoms with E-state index in [2.05, 4.69) is 5.32 Å². The fourth-order valence-electron chi connectivity index (χ4n) is 2.42. The van der Waals surface area contributed by atoms with E-state index >= 15 is 0 Å². The van der Waals surface area contributed by atoms with Crippen molar-refractivity contribution in [2.75, 3.05) is 19.8 Å². The number of ether oxygens (including phenoxy) is 2.